The molecule has 7 heteroatoms. The molecule has 1 fully saturated rings. The molecule has 7 nitrogen and oxygen atoms in total. The Labute approximate surface area is 423 Å². The summed E-state index contributed by atoms with van der Waals surface area (Å²) in [5.41, 5.74) is 2.70. The molecule has 0 aromatic rings. The highest BCUT2D eigenvalue weighted by Crippen LogP contribution is 2.22. The summed E-state index contributed by atoms with van der Waals surface area (Å²) in [7, 11) is 0. The molecular weight excluding hydrogens is 839 g/mol. The SMILES string of the molecule is CCCCCCCCC/C(=C\CC(=O)N1CCC/C(=C/C(=O)CN(CCCCCCCCC)CCCCC(=O)OCCCC)CC1)CCCN(CCCCCCCCC)CCCCCCCCC. The minimum atomic E-state index is -0.0982. The van der Waals surface area contributed by atoms with Crippen molar-refractivity contribution in [2.75, 3.05) is 59.0 Å². The Morgan fingerprint density at radius 3 is 1.43 bits per heavy atom. The predicted octanol–water partition coefficient (Wildman–Crippen LogP) is 17.1. The molecule has 0 aliphatic carbocycles. The monoisotopic (exact) mass is 954 g/mol. The van der Waals surface area contributed by atoms with Crippen LogP contribution >= 0.6 is 0 Å². The maximum absolute atomic E-state index is 13.8. The topological polar surface area (TPSA) is 70.2 Å². The van der Waals surface area contributed by atoms with E-state index in [9.17, 15) is 14.4 Å². The summed E-state index contributed by atoms with van der Waals surface area (Å²) >= 11 is 0. The van der Waals surface area contributed by atoms with Crippen LogP contribution in [0.25, 0.3) is 0 Å². The highest BCUT2D eigenvalue weighted by atomic mass is 16.5. The normalized spacial score (nSPS) is 14.1. The molecule has 0 saturated carbocycles. The third-order valence-corrected chi connectivity index (χ3v) is 14.5. The minimum Gasteiger partial charge on any atom is -0.466 e. The van der Waals surface area contributed by atoms with Crippen LogP contribution in [-0.4, -0.2) is 91.3 Å². The summed E-state index contributed by atoms with van der Waals surface area (Å²) in [6.45, 7) is 19.1. The number of ketones is 1. The Bertz CT molecular complexity index is 1210. The van der Waals surface area contributed by atoms with Crippen LogP contribution in [0.15, 0.2) is 23.3 Å². The van der Waals surface area contributed by atoms with Gasteiger partial charge in [-0.25, -0.2) is 0 Å². The average Bonchev–Trinajstić information content (AvgIpc) is 3.58. The van der Waals surface area contributed by atoms with E-state index in [1.807, 2.05) is 6.08 Å². The molecule has 0 radical (unpaired) electrons. The molecule has 0 unspecified atom stereocenters. The number of amides is 1. The second-order valence-electron chi connectivity index (χ2n) is 21.1. The number of esters is 1. The van der Waals surface area contributed by atoms with Gasteiger partial charge in [0.25, 0.3) is 0 Å². The van der Waals surface area contributed by atoms with E-state index in [2.05, 4.69) is 55.4 Å². The molecule has 1 aliphatic heterocycles. The zero-order valence-electron chi connectivity index (χ0n) is 46.3. The first-order valence-electron chi connectivity index (χ1n) is 30.1. The van der Waals surface area contributed by atoms with E-state index in [-0.39, 0.29) is 17.7 Å². The highest BCUT2D eigenvalue weighted by molar-refractivity contribution is 5.92. The van der Waals surface area contributed by atoms with Gasteiger partial charge in [-0.1, -0.05) is 212 Å². The molecule has 0 aromatic carbocycles. The van der Waals surface area contributed by atoms with Gasteiger partial charge in [0.1, 0.15) is 0 Å². The number of nitrogens with zero attached hydrogens (tertiary/aromatic N) is 3. The number of unbranched alkanes of at least 4 members (excludes halogenated alkanes) is 26. The van der Waals surface area contributed by atoms with Crippen LogP contribution in [0.3, 0.4) is 0 Å². The molecule has 0 N–H and O–H groups in total. The van der Waals surface area contributed by atoms with Gasteiger partial charge >= 0.3 is 5.97 Å². The largest absolute Gasteiger partial charge is 0.466 e. The number of carbonyl (C=O) groups excluding carboxylic acids is 3. The van der Waals surface area contributed by atoms with Crippen LogP contribution in [0.4, 0.5) is 0 Å². The molecule has 0 spiro atoms. The van der Waals surface area contributed by atoms with Crippen molar-refractivity contribution >= 4 is 17.7 Å². The lowest BCUT2D eigenvalue weighted by Gasteiger charge is -2.23. The maximum atomic E-state index is 13.8. The number of allylic oxidation sites excluding steroid dienone is 1. The van der Waals surface area contributed by atoms with E-state index in [0.717, 1.165) is 83.8 Å². The molecule has 398 valence electrons. The quantitative estimate of drug-likeness (QED) is 0.0262. The molecule has 68 heavy (non-hydrogen) atoms. The summed E-state index contributed by atoms with van der Waals surface area (Å²) in [6, 6.07) is 0. The number of carbonyl (C=O) groups is 3. The first kappa shape index (κ1) is 64.0. The van der Waals surface area contributed by atoms with Gasteiger partial charge in [0, 0.05) is 25.9 Å². The van der Waals surface area contributed by atoms with Crippen molar-refractivity contribution in [2.45, 2.75) is 291 Å². The summed E-state index contributed by atoms with van der Waals surface area (Å²) in [6.07, 6.45) is 52.0. The lowest BCUT2D eigenvalue weighted by atomic mass is 10.00. The Morgan fingerprint density at radius 1 is 0.471 bits per heavy atom. The van der Waals surface area contributed by atoms with Crippen LogP contribution < -0.4 is 0 Å². The molecule has 1 amide bonds. The van der Waals surface area contributed by atoms with Crippen LogP contribution in [0.2, 0.25) is 0 Å². The van der Waals surface area contributed by atoms with Crippen molar-refractivity contribution in [3.63, 3.8) is 0 Å². The second kappa shape index (κ2) is 48.6. The van der Waals surface area contributed by atoms with Crippen molar-refractivity contribution in [3.8, 4) is 0 Å². The minimum absolute atomic E-state index is 0.0982. The molecule has 0 aromatic heterocycles. The van der Waals surface area contributed by atoms with Gasteiger partial charge in [-0.2, -0.15) is 0 Å². The lowest BCUT2D eigenvalue weighted by Crippen LogP contribution is -2.32. The van der Waals surface area contributed by atoms with Crippen LogP contribution in [0, 0.1) is 0 Å². The number of hydrogen-bond donors (Lipinski definition) is 0. The van der Waals surface area contributed by atoms with Crippen molar-refractivity contribution < 1.29 is 19.1 Å². The molecule has 1 saturated heterocycles. The second-order valence-corrected chi connectivity index (χ2v) is 21.1. The Morgan fingerprint density at radius 2 is 0.897 bits per heavy atom. The van der Waals surface area contributed by atoms with Crippen molar-refractivity contribution in [1.82, 2.24) is 14.7 Å². The van der Waals surface area contributed by atoms with Gasteiger partial charge in [-0.15, -0.1) is 0 Å². The van der Waals surface area contributed by atoms with Gasteiger partial charge < -0.3 is 14.5 Å². The number of ether oxygens (including phenoxy) is 1. The number of hydrogen-bond acceptors (Lipinski definition) is 6. The fraction of sp³-hybridized carbons (Fsp3) is 0.885. The third kappa shape index (κ3) is 39.7. The third-order valence-electron chi connectivity index (χ3n) is 14.5. The van der Waals surface area contributed by atoms with E-state index >= 15 is 0 Å². The summed E-state index contributed by atoms with van der Waals surface area (Å²) in [4.78, 5) is 46.8. The van der Waals surface area contributed by atoms with E-state index in [1.165, 1.54) is 211 Å². The van der Waals surface area contributed by atoms with Gasteiger partial charge in [0.15, 0.2) is 5.78 Å². The Kier molecular flexibility index (Phi) is 45.8. The van der Waals surface area contributed by atoms with E-state index < -0.39 is 0 Å². The van der Waals surface area contributed by atoms with Crippen molar-refractivity contribution in [2.24, 2.45) is 0 Å². The Balaban J connectivity index is 2.84. The van der Waals surface area contributed by atoms with Crippen LogP contribution in [0.5, 0.6) is 0 Å². The van der Waals surface area contributed by atoms with Crippen LogP contribution in [-0.2, 0) is 19.1 Å². The molecular formula is C61H115N3O4. The zero-order valence-corrected chi connectivity index (χ0v) is 46.3. The fourth-order valence-electron chi connectivity index (χ4n) is 9.92. The molecule has 0 bridgehead atoms. The van der Waals surface area contributed by atoms with E-state index in [1.54, 1.807) is 0 Å². The Hall–Kier alpha value is -1.99. The fourth-order valence-corrected chi connectivity index (χ4v) is 9.92. The first-order chi connectivity index (χ1) is 33.4. The lowest BCUT2D eigenvalue weighted by molar-refractivity contribution is -0.144. The number of likely N-dealkylation sites (tertiary alicyclic amines) is 1. The maximum Gasteiger partial charge on any atom is 0.305 e. The van der Waals surface area contributed by atoms with Crippen LogP contribution in [0.1, 0.15) is 291 Å². The number of rotatable bonds is 49. The molecule has 1 heterocycles. The molecule has 0 atom stereocenters. The molecule has 1 aliphatic rings. The smallest absolute Gasteiger partial charge is 0.305 e. The van der Waals surface area contributed by atoms with Gasteiger partial charge in [-0.3, -0.25) is 19.3 Å². The summed E-state index contributed by atoms with van der Waals surface area (Å²) < 4.78 is 5.37. The van der Waals surface area contributed by atoms with E-state index in [0.29, 0.717) is 32.5 Å². The van der Waals surface area contributed by atoms with Gasteiger partial charge in [-0.05, 0) is 122 Å². The standard InChI is InChI=1S/C61H115N3O4/c1-6-11-16-20-24-28-32-40-57(41-38-51-62(47-34-29-25-21-17-12-7-2)48-35-30-26-22-18-13-8-3)44-45-60(66)64-52-39-42-58(46-53-64)55-59(65)56-63(49-36-31-27-23-19-14-9-4)50-37-33-43-61(67)68-54-15-10-5/h44,55H,6-43,45-54,56H2,1-5H3/b57-44+,58-55-. The summed E-state index contributed by atoms with van der Waals surface area (Å²) in [5, 5.41) is 0. The average molecular weight is 955 g/mol. The predicted molar refractivity (Wildman–Crippen MR) is 295 cm³/mol. The van der Waals surface area contributed by atoms with Crippen molar-refractivity contribution in [3.05, 3.63) is 23.3 Å². The zero-order chi connectivity index (χ0) is 49.4. The van der Waals surface area contributed by atoms with Gasteiger partial charge in [0.05, 0.1) is 13.2 Å². The van der Waals surface area contributed by atoms with E-state index in [4.69, 9.17) is 4.74 Å². The molecule has 1 rings (SSSR count). The van der Waals surface area contributed by atoms with Crippen molar-refractivity contribution in [1.29, 1.82) is 0 Å². The highest BCUT2D eigenvalue weighted by Gasteiger charge is 2.19. The summed E-state index contributed by atoms with van der Waals surface area (Å²) in [5.74, 6) is 0.339. The van der Waals surface area contributed by atoms with Gasteiger partial charge in [0.2, 0.25) is 5.91 Å². The first-order valence-corrected chi connectivity index (χ1v) is 30.1.